The van der Waals surface area contributed by atoms with E-state index in [1.54, 1.807) is 6.92 Å². The standard InChI is InChI=1S/C28H34F3N3O3/c1-17(28(35)36)16-34-18(2)15-20-19-7-4-5-8-22(19)32-26(20)27(34)24-21(30)9-10-23(25(24)31)37-14-13-33(3)12-6-11-29/h4-5,7-10,17-18,27,32H,6,11-16H2,1-3H3,(H,35,36)/t17?,18-,27-/m1/s1. The molecule has 0 aliphatic carbocycles. The zero-order chi connectivity index (χ0) is 26.7. The van der Waals surface area contributed by atoms with E-state index in [0.29, 0.717) is 31.6 Å². The molecular formula is C28H34F3N3O3. The second-order valence-corrected chi connectivity index (χ2v) is 9.92. The van der Waals surface area contributed by atoms with Gasteiger partial charge in [-0.25, -0.2) is 8.78 Å². The number of H-pyrrole nitrogens is 1. The van der Waals surface area contributed by atoms with E-state index >= 15 is 8.78 Å². The van der Waals surface area contributed by atoms with Gasteiger partial charge in [0, 0.05) is 42.3 Å². The van der Waals surface area contributed by atoms with Crippen molar-refractivity contribution in [2.75, 3.05) is 40.0 Å². The molecule has 9 heteroatoms. The molecule has 6 nitrogen and oxygen atoms in total. The van der Waals surface area contributed by atoms with Gasteiger partial charge in [0.25, 0.3) is 0 Å². The van der Waals surface area contributed by atoms with E-state index in [0.717, 1.165) is 16.5 Å². The third kappa shape index (κ3) is 5.62. The Labute approximate surface area is 215 Å². The number of alkyl halides is 1. The Morgan fingerprint density at radius 3 is 2.73 bits per heavy atom. The molecule has 0 saturated carbocycles. The number of fused-ring (bicyclic) bond motifs is 3. The van der Waals surface area contributed by atoms with Crippen LogP contribution in [0, 0.1) is 17.6 Å². The first-order valence-electron chi connectivity index (χ1n) is 12.7. The normalized spacial score (nSPS) is 18.8. The average Bonchev–Trinajstić information content (AvgIpc) is 3.23. The SMILES string of the molecule is CC(CN1[C@H](c2c(F)ccc(OCCN(C)CCCF)c2F)c2[nH]c3ccccc3c2C[C@H]1C)C(=O)O. The van der Waals surface area contributed by atoms with Gasteiger partial charge in [0.2, 0.25) is 0 Å². The lowest BCUT2D eigenvalue weighted by atomic mass is 9.87. The number of carbonyl (C=O) groups is 1. The van der Waals surface area contributed by atoms with Crippen LogP contribution >= 0.6 is 0 Å². The van der Waals surface area contributed by atoms with Crippen LogP contribution in [-0.2, 0) is 11.2 Å². The minimum Gasteiger partial charge on any atom is -0.489 e. The van der Waals surface area contributed by atoms with E-state index in [1.807, 2.05) is 48.0 Å². The maximum absolute atomic E-state index is 16.0. The zero-order valence-electron chi connectivity index (χ0n) is 21.4. The number of carboxylic acid groups (broad SMARTS) is 1. The van der Waals surface area contributed by atoms with Crippen LogP contribution in [0.5, 0.6) is 5.75 Å². The Balaban J connectivity index is 1.74. The van der Waals surface area contributed by atoms with Crippen molar-refractivity contribution >= 4 is 16.9 Å². The van der Waals surface area contributed by atoms with Gasteiger partial charge in [-0.15, -0.1) is 0 Å². The van der Waals surface area contributed by atoms with Gasteiger partial charge < -0.3 is 19.7 Å². The number of hydrogen-bond donors (Lipinski definition) is 2. The third-order valence-corrected chi connectivity index (χ3v) is 7.19. The first-order chi connectivity index (χ1) is 17.7. The molecule has 1 unspecified atom stereocenters. The summed E-state index contributed by atoms with van der Waals surface area (Å²) in [5.74, 6) is -3.30. The maximum Gasteiger partial charge on any atom is 0.307 e. The third-order valence-electron chi connectivity index (χ3n) is 7.19. The molecule has 0 fully saturated rings. The minimum atomic E-state index is -0.969. The summed E-state index contributed by atoms with van der Waals surface area (Å²) in [5, 5.41) is 10.6. The fourth-order valence-corrected chi connectivity index (χ4v) is 5.16. The molecule has 0 radical (unpaired) electrons. The monoisotopic (exact) mass is 517 g/mol. The summed E-state index contributed by atoms with van der Waals surface area (Å²) in [6, 6.07) is 9.18. The van der Waals surface area contributed by atoms with E-state index in [1.165, 1.54) is 12.1 Å². The molecule has 4 rings (SSSR count). The highest BCUT2D eigenvalue weighted by Gasteiger charge is 2.40. The van der Waals surface area contributed by atoms with Crippen molar-refractivity contribution in [2.45, 2.75) is 38.8 Å². The number of aliphatic carboxylic acids is 1. The molecule has 200 valence electrons. The van der Waals surface area contributed by atoms with E-state index in [4.69, 9.17) is 4.74 Å². The fraction of sp³-hybridized carbons (Fsp3) is 0.464. The van der Waals surface area contributed by atoms with Gasteiger partial charge in [0.05, 0.1) is 24.2 Å². The van der Waals surface area contributed by atoms with Crippen molar-refractivity contribution in [3.05, 3.63) is 64.9 Å². The minimum absolute atomic E-state index is 0.0718. The molecule has 2 heterocycles. The molecule has 2 N–H and O–H groups in total. The Kier molecular flexibility index (Phi) is 8.44. The van der Waals surface area contributed by atoms with Crippen LogP contribution in [0.1, 0.15) is 43.1 Å². The summed E-state index contributed by atoms with van der Waals surface area (Å²) in [5.41, 5.74) is 2.34. The summed E-state index contributed by atoms with van der Waals surface area (Å²) >= 11 is 0. The number of rotatable bonds is 11. The Hall–Kier alpha value is -3.04. The number of hydrogen-bond acceptors (Lipinski definition) is 4. The van der Waals surface area contributed by atoms with Crippen molar-refractivity contribution < 1.29 is 27.8 Å². The molecule has 3 aromatic rings. The van der Waals surface area contributed by atoms with Gasteiger partial charge in [-0.2, -0.15) is 0 Å². The van der Waals surface area contributed by atoms with Crippen molar-refractivity contribution in [3.8, 4) is 5.75 Å². The number of aromatic nitrogens is 1. The summed E-state index contributed by atoms with van der Waals surface area (Å²) in [6.07, 6.45) is 1.02. The second kappa shape index (κ2) is 11.6. The first kappa shape index (κ1) is 27.0. The van der Waals surface area contributed by atoms with Crippen molar-refractivity contribution in [3.63, 3.8) is 0 Å². The molecule has 1 aromatic heterocycles. The number of likely N-dealkylation sites (N-methyl/N-ethyl adjacent to an activating group) is 1. The molecular weight excluding hydrogens is 483 g/mol. The summed E-state index contributed by atoms with van der Waals surface area (Å²) in [7, 11) is 1.83. The van der Waals surface area contributed by atoms with Crippen molar-refractivity contribution in [1.82, 2.24) is 14.8 Å². The quantitative estimate of drug-likeness (QED) is 0.367. The molecule has 0 amide bonds. The predicted octanol–water partition coefficient (Wildman–Crippen LogP) is 5.17. The number of halogens is 3. The molecule has 2 aromatic carbocycles. The molecule has 37 heavy (non-hydrogen) atoms. The topological polar surface area (TPSA) is 68.8 Å². The number of nitrogens with zero attached hydrogens (tertiary/aromatic N) is 2. The van der Waals surface area contributed by atoms with E-state index < -0.39 is 36.2 Å². The Morgan fingerprint density at radius 1 is 1.24 bits per heavy atom. The van der Waals surface area contributed by atoms with Crippen molar-refractivity contribution in [2.24, 2.45) is 5.92 Å². The molecule has 3 atom stereocenters. The zero-order valence-corrected chi connectivity index (χ0v) is 21.4. The largest absolute Gasteiger partial charge is 0.489 e. The summed E-state index contributed by atoms with van der Waals surface area (Å²) in [6.45, 7) is 4.43. The van der Waals surface area contributed by atoms with Crippen LogP contribution in [0.25, 0.3) is 10.9 Å². The van der Waals surface area contributed by atoms with Gasteiger partial charge in [0.1, 0.15) is 12.4 Å². The molecule has 0 bridgehead atoms. The summed E-state index contributed by atoms with van der Waals surface area (Å²) < 4.78 is 49.6. The highest BCUT2D eigenvalue weighted by atomic mass is 19.1. The highest BCUT2D eigenvalue weighted by molar-refractivity contribution is 5.85. The smallest absolute Gasteiger partial charge is 0.307 e. The van der Waals surface area contributed by atoms with Gasteiger partial charge in [-0.3, -0.25) is 14.1 Å². The van der Waals surface area contributed by atoms with E-state index in [-0.39, 0.29) is 30.5 Å². The van der Waals surface area contributed by atoms with Gasteiger partial charge >= 0.3 is 5.97 Å². The van der Waals surface area contributed by atoms with Gasteiger partial charge in [0.15, 0.2) is 11.6 Å². The average molecular weight is 518 g/mol. The lowest BCUT2D eigenvalue weighted by molar-refractivity contribution is -0.142. The van der Waals surface area contributed by atoms with Crippen LogP contribution in [0.2, 0.25) is 0 Å². The van der Waals surface area contributed by atoms with Crippen LogP contribution < -0.4 is 4.74 Å². The predicted molar refractivity (Wildman–Crippen MR) is 137 cm³/mol. The van der Waals surface area contributed by atoms with Crippen LogP contribution in [0.3, 0.4) is 0 Å². The number of ether oxygens (including phenoxy) is 1. The first-order valence-corrected chi connectivity index (χ1v) is 12.7. The van der Waals surface area contributed by atoms with Gasteiger partial charge in [-0.05, 0) is 50.6 Å². The maximum atomic E-state index is 16.0. The lowest BCUT2D eigenvalue weighted by Gasteiger charge is -2.42. The highest BCUT2D eigenvalue weighted by Crippen LogP contribution is 2.43. The number of nitrogens with one attached hydrogen (secondary N) is 1. The molecule has 0 saturated heterocycles. The molecule has 1 aliphatic rings. The van der Waals surface area contributed by atoms with E-state index in [2.05, 4.69) is 4.98 Å². The number of benzene rings is 2. The Bertz CT molecular complexity index is 1250. The van der Waals surface area contributed by atoms with Crippen molar-refractivity contribution in [1.29, 1.82) is 0 Å². The number of aromatic amines is 1. The van der Waals surface area contributed by atoms with E-state index in [9.17, 15) is 14.3 Å². The fourth-order valence-electron chi connectivity index (χ4n) is 5.16. The molecule has 0 spiro atoms. The van der Waals surface area contributed by atoms with Crippen LogP contribution in [0.15, 0.2) is 36.4 Å². The second-order valence-electron chi connectivity index (χ2n) is 9.92. The lowest BCUT2D eigenvalue weighted by Crippen LogP contribution is -2.46. The Morgan fingerprint density at radius 2 is 2.00 bits per heavy atom. The number of para-hydroxylation sites is 1. The van der Waals surface area contributed by atoms with Gasteiger partial charge in [-0.1, -0.05) is 25.1 Å². The number of carboxylic acids is 1. The molecule has 1 aliphatic heterocycles. The van der Waals surface area contributed by atoms with Crippen LogP contribution in [0.4, 0.5) is 13.2 Å². The van der Waals surface area contributed by atoms with Crippen LogP contribution in [-0.4, -0.2) is 71.9 Å². The summed E-state index contributed by atoms with van der Waals surface area (Å²) in [4.78, 5) is 18.8.